The van der Waals surface area contributed by atoms with Crippen molar-refractivity contribution in [1.29, 1.82) is 0 Å². The highest BCUT2D eigenvalue weighted by molar-refractivity contribution is 5.40. The lowest BCUT2D eigenvalue weighted by molar-refractivity contribution is -0.943. The third kappa shape index (κ3) is 0.138. The molecule has 6 heterocycles. The molecule has 6 aliphatic rings. The maximum atomic E-state index is 10.7. The Hall–Kier alpha value is -0.760. The number of nitro groups is 1. The molecule has 0 aromatic rings. The second-order valence-corrected chi connectivity index (χ2v) is 3.63. The van der Waals surface area contributed by atoms with Gasteiger partial charge in [-0.3, -0.25) is 10.1 Å². The first-order chi connectivity index (χ1) is 5.31. The average Bonchev–Trinajstić information content (AvgIpc) is 2.05. The normalized spacial score (nSPS) is 68.5. The van der Waals surface area contributed by atoms with Crippen LogP contribution in [0.1, 0.15) is 0 Å². The molecule has 6 saturated heterocycles. The monoisotopic (exact) mass is 153 g/mol. The standard InChI is InChI=1S/C4H3N5O2/c10-9(11)4-2-1-3-5(2)8(4)7(3)6(1)4/h1-3H. The van der Waals surface area contributed by atoms with E-state index in [1.165, 1.54) is 0 Å². The van der Waals surface area contributed by atoms with Gasteiger partial charge in [0.1, 0.15) is 6.17 Å². The van der Waals surface area contributed by atoms with E-state index in [0.717, 1.165) is 0 Å². The Kier molecular flexibility index (Phi) is 0.288. The van der Waals surface area contributed by atoms with Crippen molar-refractivity contribution < 1.29 is 4.92 Å². The van der Waals surface area contributed by atoms with Crippen LogP contribution in [0, 0.1) is 10.1 Å². The zero-order valence-electron chi connectivity index (χ0n) is 5.28. The van der Waals surface area contributed by atoms with Crippen molar-refractivity contribution in [3.05, 3.63) is 10.1 Å². The van der Waals surface area contributed by atoms with Gasteiger partial charge in [0.05, 0.1) is 11.0 Å². The first kappa shape index (κ1) is 4.31. The first-order valence-corrected chi connectivity index (χ1v) is 3.62. The molecule has 0 N–H and O–H groups in total. The molecular weight excluding hydrogens is 150 g/mol. The van der Waals surface area contributed by atoms with Gasteiger partial charge >= 0.3 is 5.79 Å². The number of nitrogens with zero attached hydrogens (tertiary/aromatic N) is 5. The lowest BCUT2D eigenvalue weighted by Crippen LogP contribution is -3.32. The second kappa shape index (κ2) is 0.734. The van der Waals surface area contributed by atoms with Gasteiger partial charge in [-0.25, -0.2) is 0 Å². The van der Waals surface area contributed by atoms with E-state index in [-0.39, 0.29) is 11.0 Å². The van der Waals surface area contributed by atoms with E-state index < -0.39 is 5.79 Å². The van der Waals surface area contributed by atoms with Crippen LogP contribution in [0.15, 0.2) is 0 Å². The molecule has 4 unspecified atom stereocenters. The summed E-state index contributed by atoms with van der Waals surface area (Å²) >= 11 is 0. The smallest absolute Gasteiger partial charge is 0.261 e. The summed E-state index contributed by atoms with van der Waals surface area (Å²) in [6.45, 7) is 0. The summed E-state index contributed by atoms with van der Waals surface area (Å²) in [7, 11) is 0. The molecule has 0 aromatic carbocycles. The Morgan fingerprint density at radius 2 is 2.36 bits per heavy atom. The summed E-state index contributed by atoms with van der Waals surface area (Å²) in [5.74, 6) is -0.792. The average molecular weight is 153 g/mol. The Labute approximate surface area is 60.4 Å². The van der Waals surface area contributed by atoms with Crippen molar-refractivity contribution in [3.8, 4) is 0 Å². The van der Waals surface area contributed by atoms with E-state index in [2.05, 4.69) is 5.01 Å². The van der Waals surface area contributed by atoms with Crippen LogP contribution in [-0.2, 0) is 0 Å². The highest BCUT2D eigenvalue weighted by Gasteiger charge is 3.12. The third-order valence-electron chi connectivity index (χ3n) is 3.63. The van der Waals surface area contributed by atoms with Crippen LogP contribution in [0.2, 0.25) is 0 Å². The van der Waals surface area contributed by atoms with E-state index in [1.54, 1.807) is 5.12 Å². The summed E-state index contributed by atoms with van der Waals surface area (Å²) in [4.78, 5) is 10.5. The maximum Gasteiger partial charge on any atom is 0.396 e. The van der Waals surface area contributed by atoms with Gasteiger partial charge in [0, 0.05) is 0 Å². The third-order valence-corrected chi connectivity index (χ3v) is 3.63. The molecular formula is C4H3N5O2. The molecule has 6 fully saturated rings. The van der Waals surface area contributed by atoms with Gasteiger partial charge in [0.2, 0.25) is 0 Å². The van der Waals surface area contributed by atoms with E-state index in [1.807, 2.05) is 10.1 Å². The molecule has 6 rings (SSSR count). The van der Waals surface area contributed by atoms with Crippen molar-refractivity contribution in [2.45, 2.75) is 24.0 Å². The molecule has 4 atom stereocenters. The molecule has 0 amide bonds. The van der Waals surface area contributed by atoms with Crippen molar-refractivity contribution in [3.63, 3.8) is 0 Å². The van der Waals surface area contributed by atoms with Gasteiger partial charge in [-0.2, -0.15) is 5.01 Å². The fourth-order valence-corrected chi connectivity index (χ4v) is 3.26. The molecule has 6 aliphatic heterocycles. The number of hydrogen-bond donors (Lipinski definition) is 0. The second-order valence-electron chi connectivity index (χ2n) is 3.63. The first-order valence-electron chi connectivity index (χ1n) is 3.62. The minimum Gasteiger partial charge on any atom is -0.261 e. The highest BCUT2D eigenvalue weighted by Crippen LogP contribution is 2.80. The van der Waals surface area contributed by atoms with Crippen molar-refractivity contribution in [1.82, 2.24) is 20.3 Å². The van der Waals surface area contributed by atoms with Gasteiger partial charge in [0.15, 0.2) is 6.04 Å². The SMILES string of the molecule is O=[N+]([O-])C12C3C4C5N3N1N5N42. The lowest BCUT2D eigenvalue weighted by atomic mass is 9.64. The quantitative estimate of drug-likeness (QED) is 0.321. The van der Waals surface area contributed by atoms with Crippen LogP contribution in [-0.4, -0.2) is 49.2 Å². The predicted molar refractivity (Wildman–Crippen MR) is 28.4 cm³/mol. The van der Waals surface area contributed by atoms with Gasteiger partial charge in [-0.1, -0.05) is 5.12 Å². The summed E-state index contributed by atoms with van der Waals surface area (Å²) in [5.41, 5.74) is 0. The molecule has 0 aliphatic carbocycles. The van der Waals surface area contributed by atoms with E-state index in [9.17, 15) is 10.1 Å². The van der Waals surface area contributed by atoms with Gasteiger partial charge in [-0.05, 0) is 0 Å². The zero-order valence-corrected chi connectivity index (χ0v) is 5.28. The molecule has 11 heavy (non-hydrogen) atoms. The van der Waals surface area contributed by atoms with Crippen molar-refractivity contribution >= 4 is 0 Å². The van der Waals surface area contributed by atoms with E-state index in [4.69, 9.17) is 0 Å². The number of hydrazine groups is 3. The molecule has 0 spiro atoms. The minimum absolute atomic E-state index is 0.170. The largest absolute Gasteiger partial charge is 0.396 e. The van der Waals surface area contributed by atoms with Gasteiger partial charge in [0.25, 0.3) is 0 Å². The minimum atomic E-state index is -0.792. The molecule has 7 heteroatoms. The fraction of sp³-hybridized carbons (Fsp3) is 1.00. The fourth-order valence-electron chi connectivity index (χ4n) is 3.26. The van der Waals surface area contributed by atoms with Crippen LogP contribution in [0.4, 0.5) is 0 Å². The van der Waals surface area contributed by atoms with Gasteiger partial charge < -0.3 is 0 Å². The van der Waals surface area contributed by atoms with E-state index in [0.29, 0.717) is 12.2 Å². The Bertz CT molecular complexity index is 291. The topological polar surface area (TPSA) is 56.1 Å². The Morgan fingerprint density at radius 1 is 1.55 bits per heavy atom. The molecule has 7 nitrogen and oxygen atoms in total. The lowest BCUT2D eigenvalue weighted by Gasteiger charge is -3.02. The molecule has 0 bridgehead atoms. The molecule has 0 saturated carbocycles. The Morgan fingerprint density at radius 3 is 2.64 bits per heavy atom. The van der Waals surface area contributed by atoms with Crippen LogP contribution in [0.25, 0.3) is 0 Å². The zero-order chi connectivity index (χ0) is 7.12. The summed E-state index contributed by atoms with van der Waals surface area (Å²) < 4.78 is 0. The number of rotatable bonds is 1. The van der Waals surface area contributed by atoms with E-state index >= 15 is 0 Å². The van der Waals surface area contributed by atoms with Crippen molar-refractivity contribution in [2.75, 3.05) is 0 Å². The number of piperazine rings is 1. The molecule has 0 aromatic heterocycles. The summed E-state index contributed by atoms with van der Waals surface area (Å²) in [6.07, 6.45) is 0.516. The number of hydrogen-bond acceptors (Lipinski definition) is 6. The van der Waals surface area contributed by atoms with Crippen LogP contribution in [0.3, 0.4) is 0 Å². The predicted octanol–water partition coefficient (Wildman–Crippen LogP) is -2.00. The summed E-state index contributed by atoms with van der Waals surface area (Å²) in [5, 5.41) is 18.3. The van der Waals surface area contributed by atoms with Crippen LogP contribution in [0.5, 0.6) is 0 Å². The highest BCUT2D eigenvalue weighted by atomic mass is 16.7. The maximum absolute atomic E-state index is 10.7. The molecule has 0 radical (unpaired) electrons. The van der Waals surface area contributed by atoms with Crippen LogP contribution < -0.4 is 0 Å². The van der Waals surface area contributed by atoms with Crippen molar-refractivity contribution in [2.24, 2.45) is 0 Å². The molecule has 56 valence electrons. The summed E-state index contributed by atoms with van der Waals surface area (Å²) in [6, 6.07) is 0.706. The van der Waals surface area contributed by atoms with Crippen LogP contribution >= 0.6 is 0 Å². The van der Waals surface area contributed by atoms with Gasteiger partial charge in [-0.15, -0.1) is 10.1 Å². The Balaban J connectivity index is 1.78.